The van der Waals surface area contributed by atoms with Gasteiger partial charge in [-0.15, -0.1) is 11.8 Å². The molecule has 0 aromatic heterocycles. The molecule has 0 saturated carbocycles. The molecule has 8 heteroatoms. The van der Waals surface area contributed by atoms with E-state index >= 15 is 0 Å². The number of nitrogens with zero attached hydrogens (tertiary/aromatic N) is 1. The fourth-order valence-electron chi connectivity index (χ4n) is 3.57. The van der Waals surface area contributed by atoms with Crippen molar-refractivity contribution >= 4 is 17.8 Å². The molecule has 2 saturated heterocycles. The fraction of sp³-hybridized carbons (Fsp3) is 0.350. The van der Waals surface area contributed by atoms with Crippen molar-refractivity contribution in [2.75, 3.05) is 20.8 Å². The number of hydrogen-bond acceptors (Lipinski definition) is 6. The van der Waals surface area contributed by atoms with Crippen LogP contribution in [0, 0.1) is 0 Å². The van der Waals surface area contributed by atoms with Gasteiger partial charge in [0.15, 0.2) is 0 Å². The van der Waals surface area contributed by atoms with Gasteiger partial charge in [0.2, 0.25) is 0 Å². The van der Waals surface area contributed by atoms with Crippen molar-refractivity contribution < 1.29 is 14.3 Å². The standard InChI is InChI=1S/C20H24N4O3S/c1-26-15-8-13(9-16(10-15)27-2)12-28-19-22-18-17(14-6-4-3-5-7-14)11-21-24(18)20(25)23-19/h3-10,17-19,21-22H,11-12H2,1-2H3,(H,23,25). The summed E-state index contributed by atoms with van der Waals surface area (Å²) >= 11 is 1.63. The van der Waals surface area contributed by atoms with Crippen molar-refractivity contribution in [2.24, 2.45) is 0 Å². The first-order valence-electron chi connectivity index (χ1n) is 9.15. The van der Waals surface area contributed by atoms with Crippen molar-refractivity contribution in [1.29, 1.82) is 0 Å². The van der Waals surface area contributed by atoms with Crippen LogP contribution in [0.25, 0.3) is 0 Å². The normalized spacial score (nSPS) is 23.9. The summed E-state index contributed by atoms with van der Waals surface area (Å²) in [6.07, 6.45) is -0.0894. The SMILES string of the molecule is COc1cc(CSC2NC(=O)N3NCC(c4ccccc4)C3N2)cc(OC)c1. The highest BCUT2D eigenvalue weighted by Gasteiger charge is 2.43. The van der Waals surface area contributed by atoms with Crippen LogP contribution in [0.3, 0.4) is 0 Å². The number of nitrogens with one attached hydrogen (secondary N) is 3. The molecule has 2 amide bonds. The summed E-state index contributed by atoms with van der Waals surface area (Å²) in [6.45, 7) is 0.722. The summed E-state index contributed by atoms with van der Waals surface area (Å²) in [5, 5.41) is 8.21. The van der Waals surface area contributed by atoms with E-state index in [4.69, 9.17) is 9.47 Å². The molecular weight excluding hydrogens is 376 g/mol. The lowest BCUT2D eigenvalue weighted by molar-refractivity contribution is 0.128. The molecule has 2 aliphatic heterocycles. The van der Waals surface area contributed by atoms with Crippen LogP contribution in [0.2, 0.25) is 0 Å². The predicted octanol–water partition coefficient (Wildman–Crippen LogP) is 2.46. The Kier molecular flexibility index (Phi) is 5.61. The van der Waals surface area contributed by atoms with Crippen LogP contribution in [-0.4, -0.2) is 43.5 Å². The third-order valence-electron chi connectivity index (χ3n) is 4.99. The number of benzene rings is 2. The number of ether oxygens (including phenoxy) is 2. The molecule has 2 fully saturated rings. The van der Waals surface area contributed by atoms with Crippen LogP contribution in [0.5, 0.6) is 11.5 Å². The second-order valence-electron chi connectivity index (χ2n) is 6.72. The first kappa shape index (κ1) is 18.9. The molecular formula is C20H24N4O3S. The molecule has 3 atom stereocenters. The second-order valence-corrected chi connectivity index (χ2v) is 7.82. The van der Waals surface area contributed by atoms with Crippen LogP contribution >= 0.6 is 11.8 Å². The largest absolute Gasteiger partial charge is 0.497 e. The Bertz CT molecular complexity index is 813. The smallest absolute Gasteiger partial charge is 0.335 e. The molecule has 0 aliphatic carbocycles. The molecule has 3 unspecified atom stereocenters. The average Bonchev–Trinajstić information content (AvgIpc) is 3.17. The number of carbonyl (C=O) groups excluding carboxylic acids is 1. The van der Waals surface area contributed by atoms with Crippen molar-refractivity contribution in [1.82, 2.24) is 21.1 Å². The number of hydrazine groups is 1. The molecule has 4 rings (SSSR count). The fourth-order valence-corrected chi connectivity index (χ4v) is 4.52. The maximum absolute atomic E-state index is 12.5. The predicted molar refractivity (Wildman–Crippen MR) is 109 cm³/mol. The maximum atomic E-state index is 12.5. The van der Waals surface area contributed by atoms with Crippen LogP contribution in [0.4, 0.5) is 4.79 Å². The molecule has 0 radical (unpaired) electrons. The molecule has 0 bridgehead atoms. The van der Waals surface area contributed by atoms with E-state index in [0.29, 0.717) is 5.75 Å². The third-order valence-corrected chi connectivity index (χ3v) is 6.08. The van der Waals surface area contributed by atoms with E-state index in [1.54, 1.807) is 31.0 Å². The third kappa shape index (κ3) is 3.89. The van der Waals surface area contributed by atoms with E-state index in [-0.39, 0.29) is 23.6 Å². The number of thioether (sulfide) groups is 1. The number of urea groups is 1. The summed E-state index contributed by atoms with van der Waals surface area (Å²) < 4.78 is 10.7. The Balaban J connectivity index is 1.44. The van der Waals surface area contributed by atoms with E-state index in [0.717, 1.165) is 23.6 Å². The molecule has 2 aromatic carbocycles. The average molecular weight is 401 g/mol. The van der Waals surface area contributed by atoms with Gasteiger partial charge in [-0.05, 0) is 23.3 Å². The maximum Gasteiger partial charge on any atom is 0.335 e. The van der Waals surface area contributed by atoms with Gasteiger partial charge in [-0.25, -0.2) is 15.2 Å². The summed E-state index contributed by atoms with van der Waals surface area (Å²) in [6, 6.07) is 16.0. The first-order chi connectivity index (χ1) is 13.7. The minimum absolute atomic E-state index is 0.0894. The minimum Gasteiger partial charge on any atom is -0.497 e. The molecule has 148 valence electrons. The highest BCUT2D eigenvalue weighted by Crippen LogP contribution is 2.31. The number of amides is 2. The minimum atomic E-state index is -0.183. The van der Waals surface area contributed by atoms with Crippen LogP contribution in [0.1, 0.15) is 17.0 Å². The molecule has 3 N–H and O–H groups in total. The Morgan fingerprint density at radius 2 is 1.82 bits per heavy atom. The second kappa shape index (κ2) is 8.30. The highest BCUT2D eigenvalue weighted by atomic mass is 32.2. The Labute approximate surface area is 168 Å². The number of methoxy groups -OCH3 is 2. The summed E-state index contributed by atoms with van der Waals surface area (Å²) in [5.74, 6) is 2.42. The van der Waals surface area contributed by atoms with Gasteiger partial charge in [0.25, 0.3) is 0 Å². The highest BCUT2D eigenvalue weighted by molar-refractivity contribution is 7.99. The summed E-state index contributed by atoms with van der Waals surface area (Å²) in [7, 11) is 3.28. The van der Waals surface area contributed by atoms with Gasteiger partial charge >= 0.3 is 6.03 Å². The van der Waals surface area contributed by atoms with Gasteiger partial charge in [-0.1, -0.05) is 30.3 Å². The first-order valence-corrected chi connectivity index (χ1v) is 10.2. The molecule has 2 aliphatic rings. The lowest BCUT2D eigenvalue weighted by Gasteiger charge is -2.37. The van der Waals surface area contributed by atoms with Crippen LogP contribution < -0.4 is 25.5 Å². The van der Waals surface area contributed by atoms with E-state index in [1.807, 2.05) is 36.4 Å². The number of carbonyl (C=O) groups is 1. The van der Waals surface area contributed by atoms with E-state index in [9.17, 15) is 4.79 Å². The molecule has 28 heavy (non-hydrogen) atoms. The molecule has 2 heterocycles. The number of hydrogen-bond donors (Lipinski definition) is 3. The zero-order valence-corrected chi connectivity index (χ0v) is 16.7. The van der Waals surface area contributed by atoms with Crippen molar-refractivity contribution in [3.63, 3.8) is 0 Å². The molecule has 2 aromatic rings. The Hall–Kier alpha value is -2.42. The molecule has 0 spiro atoms. The van der Waals surface area contributed by atoms with Gasteiger partial charge in [0.05, 0.1) is 14.2 Å². The summed E-state index contributed by atoms with van der Waals surface area (Å²) in [4.78, 5) is 12.5. The molecule has 7 nitrogen and oxygen atoms in total. The van der Waals surface area contributed by atoms with Crippen molar-refractivity contribution in [3.8, 4) is 11.5 Å². The summed E-state index contributed by atoms with van der Waals surface area (Å²) in [5.41, 5.74) is 5.30. The van der Waals surface area contributed by atoms with Gasteiger partial charge in [0, 0.05) is 24.3 Å². The van der Waals surface area contributed by atoms with Gasteiger partial charge in [0.1, 0.15) is 23.2 Å². The Morgan fingerprint density at radius 3 is 2.50 bits per heavy atom. The zero-order valence-electron chi connectivity index (χ0n) is 15.8. The van der Waals surface area contributed by atoms with Crippen molar-refractivity contribution in [3.05, 3.63) is 59.7 Å². The van der Waals surface area contributed by atoms with Crippen molar-refractivity contribution in [2.45, 2.75) is 23.3 Å². The topological polar surface area (TPSA) is 74.9 Å². The lowest BCUT2D eigenvalue weighted by Crippen LogP contribution is -2.65. The van der Waals surface area contributed by atoms with Gasteiger partial charge in [-0.2, -0.15) is 0 Å². The van der Waals surface area contributed by atoms with E-state index < -0.39 is 0 Å². The number of rotatable bonds is 6. The monoisotopic (exact) mass is 400 g/mol. The quantitative estimate of drug-likeness (QED) is 0.692. The van der Waals surface area contributed by atoms with Crippen LogP contribution in [-0.2, 0) is 5.75 Å². The van der Waals surface area contributed by atoms with E-state index in [1.165, 1.54) is 5.56 Å². The lowest BCUT2D eigenvalue weighted by atomic mass is 9.97. The number of fused-ring (bicyclic) bond motifs is 1. The van der Waals surface area contributed by atoms with Gasteiger partial charge < -0.3 is 14.8 Å². The van der Waals surface area contributed by atoms with E-state index in [2.05, 4.69) is 28.2 Å². The Morgan fingerprint density at radius 1 is 1.11 bits per heavy atom. The van der Waals surface area contributed by atoms with Crippen LogP contribution in [0.15, 0.2) is 48.5 Å². The van der Waals surface area contributed by atoms with Gasteiger partial charge in [-0.3, -0.25) is 5.32 Å². The zero-order chi connectivity index (χ0) is 19.5.